The van der Waals surface area contributed by atoms with E-state index in [0.29, 0.717) is 11.4 Å². The molecule has 4 nitrogen and oxygen atoms in total. The first-order valence-corrected chi connectivity index (χ1v) is 1.61. The van der Waals surface area contributed by atoms with Crippen LogP contribution < -0.4 is 5.53 Å². The Bertz CT molecular complexity index is 93.5. The van der Waals surface area contributed by atoms with Crippen LogP contribution in [0.25, 0.3) is 0 Å². The van der Waals surface area contributed by atoms with Gasteiger partial charge in [0.05, 0.1) is 4.87 Å². The first-order chi connectivity index (χ1) is 2.89. The zero-order valence-electron chi connectivity index (χ0n) is 3.90. The molecular formula is C2H6Cl2N3O+. The van der Waals surface area contributed by atoms with Crippen molar-refractivity contribution in [2.75, 3.05) is 6.54 Å². The molecule has 1 aliphatic heterocycles. The highest BCUT2D eigenvalue weighted by molar-refractivity contribution is 5.85. The Morgan fingerprint density at radius 1 is 1.62 bits per heavy atom. The number of nitroso groups, excluding NO2 is 1. The maximum atomic E-state index is 9.92. The monoisotopic (exact) mass is 158 g/mol. The largest absolute Gasteiger partial charge is 0.216 e. The van der Waals surface area contributed by atoms with Gasteiger partial charge in [0.25, 0.3) is 0 Å². The Morgan fingerprint density at radius 3 is 2.38 bits per heavy atom. The third-order valence-corrected chi connectivity index (χ3v) is 0.508. The molecule has 1 N–H and O–H groups in total. The first-order valence-electron chi connectivity index (χ1n) is 1.61. The van der Waals surface area contributed by atoms with Crippen LogP contribution in [0.1, 0.15) is 0 Å². The molecule has 0 saturated heterocycles. The predicted molar refractivity (Wildman–Crippen MR) is 34.6 cm³/mol. The number of nitrogens with zero attached hydrogens (tertiary/aromatic N) is 2. The van der Waals surface area contributed by atoms with Crippen molar-refractivity contribution < 1.29 is 4.87 Å². The van der Waals surface area contributed by atoms with Crippen LogP contribution in [0.5, 0.6) is 0 Å². The summed E-state index contributed by atoms with van der Waals surface area (Å²) in [6.45, 7) is 0.361. The summed E-state index contributed by atoms with van der Waals surface area (Å²) in [6.07, 6.45) is 1.51. The van der Waals surface area contributed by atoms with Gasteiger partial charge in [0.1, 0.15) is 0 Å². The average Bonchev–Trinajstić information content (AvgIpc) is 1.86. The van der Waals surface area contributed by atoms with Gasteiger partial charge in [0.15, 0.2) is 6.21 Å². The molecule has 0 aromatic rings. The predicted octanol–water partition coefficient (Wildman–Crippen LogP) is 0.113. The van der Waals surface area contributed by atoms with E-state index in [4.69, 9.17) is 0 Å². The summed E-state index contributed by atoms with van der Waals surface area (Å²) < 4.78 is 0. The third-order valence-electron chi connectivity index (χ3n) is 0.508. The van der Waals surface area contributed by atoms with Crippen molar-refractivity contribution in [3.8, 4) is 0 Å². The Morgan fingerprint density at radius 2 is 2.25 bits per heavy atom. The van der Waals surface area contributed by atoms with Gasteiger partial charge < -0.3 is 0 Å². The van der Waals surface area contributed by atoms with Crippen molar-refractivity contribution in [3.05, 3.63) is 4.91 Å². The minimum absolute atomic E-state index is 0. The second kappa shape index (κ2) is 4.80. The summed E-state index contributed by atoms with van der Waals surface area (Å²) in [6, 6.07) is 0. The number of hydrazone groups is 1. The molecule has 0 spiro atoms. The number of halogens is 2. The molecule has 1 aliphatic rings. The normalized spacial score (nSPS) is 13.8. The van der Waals surface area contributed by atoms with Crippen LogP contribution in [0.4, 0.5) is 0 Å². The van der Waals surface area contributed by atoms with Gasteiger partial charge in [-0.05, 0) is 10.4 Å². The summed E-state index contributed by atoms with van der Waals surface area (Å²) in [5.41, 5.74) is 2.17. The zero-order valence-corrected chi connectivity index (χ0v) is 5.54. The molecule has 0 aromatic carbocycles. The van der Waals surface area contributed by atoms with Gasteiger partial charge in [0, 0.05) is 5.10 Å². The molecule has 1 heterocycles. The van der Waals surface area contributed by atoms with Crippen molar-refractivity contribution in [1.29, 1.82) is 0 Å². The fourth-order valence-electron chi connectivity index (χ4n) is 0.261. The standard InChI is InChI=1S/C2H4N3O.2ClH/c6-5-2-1-3-4-5;;/h1H,2H2,(H,4,6);2*1H/q+1;;. The molecule has 6 heteroatoms. The van der Waals surface area contributed by atoms with Crippen LogP contribution in [0.15, 0.2) is 5.10 Å². The van der Waals surface area contributed by atoms with E-state index in [1.807, 2.05) is 0 Å². The second-order valence-electron chi connectivity index (χ2n) is 0.973. The summed E-state index contributed by atoms with van der Waals surface area (Å²) in [7, 11) is 0. The zero-order chi connectivity index (χ0) is 4.41. The van der Waals surface area contributed by atoms with Gasteiger partial charge in [0.2, 0.25) is 6.54 Å². The molecule has 8 heavy (non-hydrogen) atoms. The van der Waals surface area contributed by atoms with Gasteiger partial charge in [-0.3, -0.25) is 0 Å². The maximum Gasteiger partial charge on any atom is 0.216 e. The van der Waals surface area contributed by atoms with E-state index in [0.717, 1.165) is 0 Å². The van der Waals surface area contributed by atoms with Crippen LogP contribution in [-0.4, -0.2) is 17.6 Å². The molecule has 0 unspecified atom stereocenters. The molecule has 0 bridgehead atoms. The van der Waals surface area contributed by atoms with Crippen molar-refractivity contribution >= 4 is 31.0 Å². The van der Waals surface area contributed by atoms with Crippen LogP contribution in [0.3, 0.4) is 0 Å². The van der Waals surface area contributed by atoms with E-state index in [1.54, 1.807) is 0 Å². The van der Waals surface area contributed by atoms with Crippen molar-refractivity contribution in [3.63, 3.8) is 0 Å². The lowest BCUT2D eigenvalue weighted by atomic mass is 10.8. The maximum absolute atomic E-state index is 9.92. The lowest BCUT2D eigenvalue weighted by molar-refractivity contribution is -0.585. The molecule has 0 atom stereocenters. The number of nitrogens with one attached hydrogen (secondary N) is 1. The molecule has 0 saturated carbocycles. The van der Waals surface area contributed by atoms with Gasteiger partial charge >= 0.3 is 0 Å². The average molecular weight is 159 g/mol. The van der Waals surface area contributed by atoms with Gasteiger partial charge in [-0.2, -0.15) is 0 Å². The van der Waals surface area contributed by atoms with Crippen LogP contribution in [0.2, 0.25) is 0 Å². The van der Waals surface area contributed by atoms with E-state index in [-0.39, 0.29) is 24.8 Å². The first kappa shape index (κ1) is 10.6. The lowest BCUT2D eigenvalue weighted by Gasteiger charge is -1.70. The minimum atomic E-state index is 0. The topological polar surface area (TPSA) is 44.5 Å². The highest BCUT2D eigenvalue weighted by Crippen LogP contribution is 1.70. The van der Waals surface area contributed by atoms with Gasteiger partial charge in [-0.25, -0.2) is 0 Å². The number of hydrazine groups is 1. The fraction of sp³-hybridized carbons (Fsp3) is 0.500. The molecule has 0 aliphatic carbocycles. The number of hydrogen-bond acceptors (Lipinski definition) is 2. The molecule has 0 fully saturated rings. The quantitative estimate of drug-likeness (QED) is 0.510. The summed E-state index contributed by atoms with van der Waals surface area (Å²) in [5, 5.41) is 3.40. The van der Waals surface area contributed by atoms with Crippen molar-refractivity contribution in [1.82, 2.24) is 5.53 Å². The Balaban J connectivity index is 0. The van der Waals surface area contributed by atoms with Crippen LogP contribution in [0, 0.1) is 4.91 Å². The Labute approximate surface area is 58.7 Å². The molecule has 0 aromatic heterocycles. The smallest absolute Gasteiger partial charge is 0.147 e. The van der Waals surface area contributed by atoms with Crippen LogP contribution in [-0.2, 0) is 0 Å². The minimum Gasteiger partial charge on any atom is -0.147 e. The highest BCUT2D eigenvalue weighted by atomic mass is 35.5. The van der Waals surface area contributed by atoms with E-state index in [9.17, 15) is 4.91 Å². The van der Waals surface area contributed by atoms with E-state index < -0.39 is 0 Å². The van der Waals surface area contributed by atoms with Crippen molar-refractivity contribution in [2.45, 2.75) is 0 Å². The van der Waals surface area contributed by atoms with Crippen molar-refractivity contribution in [2.24, 2.45) is 5.10 Å². The molecular weight excluding hydrogens is 153 g/mol. The second-order valence-corrected chi connectivity index (χ2v) is 0.973. The van der Waals surface area contributed by atoms with E-state index in [2.05, 4.69) is 10.6 Å². The lowest BCUT2D eigenvalue weighted by Crippen LogP contribution is -2.13. The highest BCUT2D eigenvalue weighted by Gasteiger charge is 2.06. The number of rotatable bonds is 0. The van der Waals surface area contributed by atoms with E-state index >= 15 is 0 Å². The molecule has 48 valence electrons. The third kappa shape index (κ3) is 2.76. The Hall–Kier alpha value is -0.350. The van der Waals surface area contributed by atoms with E-state index in [1.165, 1.54) is 6.21 Å². The SMILES string of the molecule is Cl.Cl.O=[N+]1CC=NN1. The van der Waals surface area contributed by atoms with Crippen LogP contribution >= 0.6 is 24.8 Å². The number of hydrogen-bond donors (Lipinski definition) is 1. The fourth-order valence-corrected chi connectivity index (χ4v) is 0.261. The Kier molecular flexibility index (Phi) is 6.36. The molecule has 1 rings (SSSR count). The van der Waals surface area contributed by atoms with Gasteiger partial charge in [-0.1, -0.05) is 0 Å². The molecule has 0 amide bonds. The molecule has 0 radical (unpaired) electrons. The summed E-state index contributed by atoms with van der Waals surface area (Å²) in [5.74, 6) is 0. The summed E-state index contributed by atoms with van der Waals surface area (Å²) >= 11 is 0. The van der Waals surface area contributed by atoms with Gasteiger partial charge in [-0.15, -0.1) is 24.8 Å². The summed E-state index contributed by atoms with van der Waals surface area (Å²) in [4.78, 5) is 10.6.